The molecule has 0 aliphatic carbocycles. The van der Waals surface area contributed by atoms with E-state index in [2.05, 4.69) is 15.0 Å². The molecule has 0 saturated carbocycles. The van der Waals surface area contributed by atoms with Gasteiger partial charge in [-0.3, -0.25) is 0 Å². The van der Waals surface area contributed by atoms with Crippen LogP contribution in [0.2, 0.25) is 10.0 Å². The Balaban J connectivity index is 1.26. The van der Waals surface area contributed by atoms with Gasteiger partial charge in [0.05, 0.1) is 28.9 Å². The quantitative estimate of drug-likeness (QED) is 0.426. The minimum absolute atomic E-state index is 0.0468. The number of benzene rings is 2. The van der Waals surface area contributed by atoms with E-state index in [1.807, 2.05) is 54.6 Å². The molecule has 6 rings (SSSR count). The normalized spacial score (nSPS) is 22.4. The Labute approximate surface area is 194 Å². The fraction of sp³-hybridized carbons (Fsp3) is 0.250. The highest BCUT2D eigenvalue weighted by molar-refractivity contribution is 6.33. The van der Waals surface area contributed by atoms with Crippen LogP contribution in [0.3, 0.4) is 0 Å². The summed E-state index contributed by atoms with van der Waals surface area (Å²) in [6.07, 6.45) is 0.786. The van der Waals surface area contributed by atoms with Gasteiger partial charge < -0.3 is 19.2 Å². The van der Waals surface area contributed by atoms with Crippen LogP contribution in [-0.4, -0.2) is 46.5 Å². The second-order valence-corrected chi connectivity index (χ2v) is 8.81. The van der Waals surface area contributed by atoms with Crippen molar-refractivity contribution in [1.29, 1.82) is 0 Å². The summed E-state index contributed by atoms with van der Waals surface area (Å²) in [5.74, 6) is 0. The van der Waals surface area contributed by atoms with Gasteiger partial charge in [-0.05, 0) is 35.7 Å². The number of halogens is 2. The van der Waals surface area contributed by atoms with Crippen molar-refractivity contribution in [2.75, 3.05) is 13.2 Å². The number of fused-ring (bicyclic) bond motifs is 2. The van der Waals surface area contributed by atoms with Gasteiger partial charge in [0.25, 0.3) is 6.01 Å². The number of nitrogens with one attached hydrogen (secondary N) is 1. The summed E-state index contributed by atoms with van der Waals surface area (Å²) in [6.45, 7) is 1.19. The van der Waals surface area contributed by atoms with Gasteiger partial charge in [0.1, 0.15) is 6.10 Å². The molecule has 0 amide bonds. The number of hydrogen-bond donors (Lipinski definition) is 1. The molecule has 2 aromatic heterocycles. The molecular weight excluding hydrogens is 449 g/mol. The van der Waals surface area contributed by atoms with Crippen molar-refractivity contribution in [3.63, 3.8) is 0 Å². The van der Waals surface area contributed by atoms with Crippen molar-refractivity contribution < 1.29 is 14.2 Å². The molecule has 0 bridgehead atoms. The van der Waals surface area contributed by atoms with Crippen LogP contribution in [0.5, 0.6) is 6.01 Å². The van der Waals surface area contributed by atoms with Crippen LogP contribution >= 0.6 is 23.2 Å². The Kier molecular flexibility index (Phi) is 5.03. The molecule has 1 N–H and O–H groups in total. The van der Waals surface area contributed by atoms with Gasteiger partial charge in [-0.15, -0.1) is 0 Å². The molecule has 2 aromatic carbocycles. The smallest absolute Gasteiger partial charge is 0.296 e. The average Bonchev–Trinajstić information content (AvgIpc) is 3.51. The number of H-pyrrole nitrogens is 1. The van der Waals surface area contributed by atoms with Crippen LogP contribution < -0.4 is 4.74 Å². The van der Waals surface area contributed by atoms with Crippen LogP contribution in [0.1, 0.15) is 6.42 Å². The average molecular weight is 468 g/mol. The second kappa shape index (κ2) is 8.05. The minimum atomic E-state index is -0.182. The number of pyridine rings is 1. The van der Waals surface area contributed by atoms with Crippen molar-refractivity contribution in [2.24, 2.45) is 0 Å². The first-order valence-electron chi connectivity index (χ1n) is 10.5. The number of imidazole rings is 1. The zero-order valence-corrected chi connectivity index (χ0v) is 18.4. The number of nitrogens with zero attached hydrogens (tertiary/aromatic N) is 2. The van der Waals surface area contributed by atoms with E-state index in [0.717, 1.165) is 23.1 Å². The standard InChI is InChI=1S/C24H19Cl2N3O3/c25-16-7-5-14(6-8-16)13-1-3-15(4-2-13)21-17(26)11-18-23(28-21)29-24(27-18)32-20-12-31-19-9-10-30-22(19)20/h1-8,11,19-20,22H,9-10,12H2,(H,27,28,29). The monoisotopic (exact) mass is 467 g/mol. The van der Waals surface area contributed by atoms with Crippen molar-refractivity contribution in [3.05, 3.63) is 64.6 Å². The maximum atomic E-state index is 6.56. The van der Waals surface area contributed by atoms with Gasteiger partial charge in [0.15, 0.2) is 11.8 Å². The van der Waals surface area contributed by atoms with Crippen LogP contribution in [0.25, 0.3) is 33.5 Å². The third-order valence-electron chi connectivity index (χ3n) is 5.92. The summed E-state index contributed by atoms with van der Waals surface area (Å²) in [7, 11) is 0. The van der Waals surface area contributed by atoms with Crippen molar-refractivity contribution in [1.82, 2.24) is 15.0 Å². The summed E-state index contributed by atoms with van der Waals surface area (Å²) in [4.78, 5) is 12.4. The first kappa shape index (κ1) is 20.0. The molecule has 162 valence electrons. The number of aromatic amines is 1. The Bertz CT molecular complexity index is 1270. The number of rotatable bonds is 4. The Hall–Kier alpha value is -2.64. The minimum Gasteiger partial charge on any atom is -0.456 e. The predicted molar refractivity (Wildman–Crippen MR) is 123 cm³/mol. The van der Waals surface area contributed by atoms with E-state index < -0.39 is 0 Å². The van der Waals surface area contributed by atoms with E-state index in [1.165, 1.54) is 0 Å². The molecule has 6 nitrogen and oxygen atoms in total. The first-order chi connectivity index (χ1) is 15.6. The highest BCUT2D eigenvalue weighted by atomic mass is 35.5. The summed E-state index contributed by atoms with van der Waals surface area (Å²) >= 11 is 12.5. The summed E-state index contributed by atoms with van der Waals surface area (Å²) in [5, 5.41) is 1.25. The van der Waals surface area contributed by atoms with Crippen LogP contribution in [0.4, 0.5) is 0 Å². The lowest BCUT2D eigenvalue weighted by atomic mass is 10.0. The van der Waals surface area contributed by atoms with E-state index in [-0.39, 0.29) is 18.3 Å². The Morgan fingerprint density at radius 2 is 1.62 bits per heavy atom. The maximum absolute atomic E-state index is 6.56. The topological polar surface area (TPSA) is 69.3 Å². The van der Waals surface area contributed by atoms with Crippen molar-refractivity contribution in [3.8, 4) is 28.4 Å². The molecule has 32 heavy (non-hydrogen) atoms. The predicted octanol–water partition coefficient (Wildman–Crippen LogP) is 5.53. The van der Waals surface area contributed by atoms with E-state index >= 15 is 0 Å². The lowest BCUT2D eigenvalue weighted by molar-refractivity contribution is 0.0273. The van der Waals surface area contributed by atoms with Gasteiger partial charge in [0.2, 0.25) is 0 Å². The third kappa shape index (κ3) is 3.63. The van der Waals surface area contributed by atoms with E-state index in [0.29, 0.717) is 46.1 Å². The van der Waals surface area contributed by atoms with E-state index in [4.69, 9.17) is 37.4 Å². The lowest BCUT2D eigenvalue weighted by Gasteiger charge is -2.15. The van der Waals surface area contributed by atoms with Gasteiger partial charge in [-0.1, -0.05) is 59.6 Å². The molecule has 3 atom stereocenters. The van der Waals surface area contributed by atoms with Crippen molar-refractivity contribution in [2.45, 2.75) is 24.7 Å². The number of hydrogen-bond acceptors (Lipinski definition) is 5. The molecule has 3 unspecified atom stereocenters. The second-order valence-electron chi connectivity index (χ2n) is 7.97. The molecule has 2 saturated heterocycles. The molecule has 2 aliphatic heterocycles. The van der Waals surface area contributed by atoms with Gasteiger partial charge >= 0.3 is 0 Å². The van der Waals surface area contributed by atoms with Crippen molar-refractivity contribution >= 4 is 34.4 Å². The fourth-order valence-corrected chi connectivity index (χ4v) is 4.68. The van der Waals surface area contributed by atoms with Gasteiger partial charge in [-0.25, -0.2) is 4.98 Å². The molecular formula is C24H19Cl2N3O3. The molecule has 8 heteroatoms. The zero-order chi connectivity index (χ0) is 21.7. The molecule has 4 heterocycles. The highest BCUT2D eigenvalue weighted by Gasteiger charge is 2.43. The molecule has 0 spiro atoms. The molecule has 0 radical (unpaired) electrons. The fourth-order valence-electron chi connectivity index (χ4n) is 4.29. The van der Waals surface area contributed by atoms with E-state index in [1.54, 1.807) is 0 Å². The van der Waals surface area contributed by atoms with Crippen LogP contribution in [0, 0.1) is 0 Å². The first-order valence-corrected chi connectivity index (χ1v) is 11.2. The highest BCUT2D eigenvalue weighted by Crippen LogP contribution is 2.33. The summed E-state index contributed by atoms with van der Waals surface area (Å²) < 4.78 is 17.5. The SMILES string of the molecule is Clc1ccc(-c2ccc(-c3nc4nc(OC5COC6CCOC65)[nH]c4cc3Cl)cc2)cc1. The lowest BCUT2D eigenvalue weighted by Crippen LogP contribution is -2.32. The summed E-state index contributed by atoms with van der Waals surface area (Å²) in [6, 6.07) is 18.0. The largest absolute Gasteiger partial charge is 0.456 e. The Morgan fingerprint density at radius 3 is 2.41 bits per heavy atom. The number of ether oxygens (including phenoxy) is 3. The van der Waals surface area contributed by atoms with Gasteiger partial charge in [-0.2, -0.15) is 4.98 Å². The Morgan fingerprint density at radius 1 is 0.906 bits per heavy atom. The van der Waals surface area contributed by atoms with Crippen LogP contribution in [-0.2, 0) is 9.47 Å². The zero-order valence-electron chi connectivity index (χ0n) is 16.9. The number of aromatic nitrogens is 3. The van der Waals surface area contributed by atoms with E-state index in [9.17, 15) is 0 Å². The summed E-state index contributed by atoms with van der Waals surface area (Å²) in [5.41, 5.74) is 5.02. The molecule has 2 aliphatic rings. The van der Waals surface area contributed by atoms with Gasteiger partial charge in [0, 0.05) is 17.2 Å². The molecule has 2 fully saturated rings. The molecule has 4 aromatic rings. The van der Waals surface area contributed by atoms with Crippen LogP contribution in [0.15, 0.2) is 54.6 Å². The maximum Gasteiger partial charge on any atom is 0.296 e. The third-order valence-corrected chi connectivity index (χ3v) is 6.46.